The summed E-state index contributed by atoms with van der Waals surface area (Å²) >= 11 is 5.26. The van der Waals surface area contributed by atoms with Crippen molar-refractivity contribution in [1.82, 2.24) is 20.1 Å². The number of carbonyl (C=O) groups excluding carboxylic acids is 1. The van der Waals surface area contributed by atoms with E-state index in [0.29, 0.717) is 5.56 Å². The van der Waals surface area contributed by atoms with Crippen LogP contribution < -0.4 is 20.1 Å². The third-order valence-corrected chi connectivity index (χ3v) is 8.20. The van der Waals surface area contributed by atoms with Gasteiger partial charge in [-0.3, -0.25) is 14.3 Å². The predicted molar refractivity (Wildman–Crippen MR) is 128 cm³/mol. The monoisotopic (exact) mass is 518 g/mol. The van der Waals surface area contributed by atoms with Gasteiger partial charge in [-0.1, -0.05) is 36.4 Å². The second kappa shape index (κ2) is 10.5. The standard InChI is InChI=1S/C22H26F4N4O2S2/c1-21(16-10-5-6-11-17(16)23,29-20(33)28-19(31)15-8-3-2-4-9-15)14-34(32)27-13-7-12-18(30-34)22(24,25)26/h2-6,8-11,18,34H,7,12-14H2,1H3,(H2,27,30,32)(H2,28,29,31,33)/t18-,21-/m0/s1. The summed E-state index contributed by atoms with van der Waals surface area (Å²) in [6, 6.07) is 11.9. The second-order valence-corrected chi connectivity index (χ2v) is 11.0. The molecular weight excluding hydrogens is 492 g/mol. The first-order chi connectivity index (χ1) is 15.9. The van der Waals surface area contributed by atoms with Crippen molar-refractivity contribution in [3.05, 3.63) is 71.5 Å². The lowest BCUT2D eigenvalue weighted by molar-refractivity contribution is -0.152. The number of halogens is 4. The Morgan fingerprint density at radius 1 is 1.15 bits per heavy atom. The van der Waals surface area contributed by atoms with Gasteiger partial charge in [0.2, 0.25) is 0 Å². The molecule has 0 aromatic heterocycles. The van der Waals surface area contributed by atoms with Gasteiger partial charge in [0.15, 0.2) is 5.11 Å². The zero-order valence-corrected chi connectivity index (χ0v) is 20.0. The van der Waals surface area contributed by atoms with Gasteiger partial charge < -0.3 is 5.32 Å². The first-order valence-corrected chi connectivity index (χ1v) is 12.8. The summed E-state index contributed by atoms with van der Waals surface area (Å²) in [5.74, 6) is -1.64. The molecule has 2 aromatic rings. The van der Waals surface area contributed by atoms with Crippen molar-refractivity contribution in [2.45, 2.75) is 37.5 Å². The van der Waals surface area contributed by atoms with E-state index in [0.717, 1.165) is 0 Å². The van der Waals surface area contributed by atoms with Crippen LogP contribution in [0.15, 0.2) is 54.6 Å². The lowest BCUT2D eigenvalue weighted by Crippen LogP contribution is -2.60. The fraction of sp³-hybridized carbons (Fsp3) is 0.364. The Morgan fingerprint density at radius 2 is 1.79 bits per heavy atom. The largest absolute Gasteiger partial charge is 0.404 e. The van der Waals surface area contributed by atoms with E-state index in [4.69, 9.17) is 12.2 Å². The van der Waals surface area contributed by atoms with Gasteiger partial charge in [0.25, 0.3) is 5.91 Å². The Labute approximate surface area is 201 Å². The van der Waals surface area contributed by atoms with Gasteiger partial charge in [0.05, 0.1) is 11.3 Å². The molecule has 186 valence electrons. The summed E-state index contributed by atoms with van der Waals surface area (Å²) in [5.41, 5.74) is -1.16. The highest BCUT2D eigenvalue weighted by Gasteiger charge is 2.45. The molecule has 0 aliphatic carbocycles. The van der Waals surface area contributed by atoms with Gasteiger partial charge in [-0.05, 0) is 60.5 Å². The minimum atomic E-state index is -4.59. The number of thiocarbonyl (C=S) groups is 1. The van der Waals surface area contributed by atoms with Crippen LogP contribution in [0.25, 0.3) is 0 Å². The Kier molecular flexibility index (Phi) is 8.06. The number of hydrogen-bond donors (Lipinski definition) is 5. The Hall–Kier alpha value is -2.41. The van der Waals surface area contributed by atoms with Gasteiger partial charge in [-0.15, -0.1) is 0 Å². The van der Waals surface area contributed by atoms with Crippen LogP contribution in [-0.4, -0.2) is 39.7 Å². The van der Waals surface area contributed by atoms with Gasteiger partial charge in [-0.25, -0.2) is 13.8 Å². The van der Waals surface area contributed by atoms with E-state index in [1.54, 1.807) is 36.4 Å². The zero-order valence-electron chi connectivity index (χ0n) is 18.3. The van der Waals surface area contributed by atoms with E-state index in [-0.39, 0.29) is 30.1 Å². The first kappa shape index (κ1) is 26.2. The van der Waals surface area contributed by atoms with Crippen LogP contribution in [0, 0.1) is 5.82 Å². The highest BCUT2D eigenvalue weighted by molar-refractivity contribution is 7.99. The summed E-state index contributed by atoms with van der Waals surface area (Å²) in [7, 11) is -3.89. The molecule has 6 nitrogen and oxygen atoms in total. The van der Waals surface area contributed by atoms with Crippen LogP contribution in [-0.2, 0) is 15.8 Å². The van der Waals surface area contributed by atoms with E-state index in [1.807, 2.05) is 0 Å². The van der Waals surface area contributed by atoms with Crippen molar-refractivity contribution < 1.29 is 26.6 Å². The SMILES string of the molecule is C[C@@](C[SH]1(=O)NCCC[C@@H](C(F)(F)F)N1)(NC(=S)NC(=O)c1ccccc1)c1ccccc1F. The van der Waals surface area contributed by atoms with Crippen molar-refractivity contribution in [2.24, 2.45) is 0 Å². The molecule has 2 aromatic carbocycles. The van der Waals surface area contributed by atoms with Crippen molar-refractivity contribution in [2.75, 3.05) is 12.3 Å². The maximum absolute atomic E-state index is 14.8. The topological polar surface area (TPSA) is 82.3 Å². The van der Waals surface area contributed by atoms with E-state index < -0.39 is 45.5 Å². The molecule has 1 saturated heterocycles. The Morgan fingerprint density at radius 3 is 2.44 bits per heavy atom. The van der Waals surface area contributed by atoms with Crippen molar-refractivity contribution in [3.63, 3.8) is 0 Å². The predicted octanol–water partition coefficient (Wildman–Crippen LogP) is 3.10. The smallest absolute Gasteiger partial charge is 0.352 e. The lowest BCUT2D eigenvalue weighted by Gasteiger charge is -2.39. The first-order valence-electron chi connectivity index (χ1n) is 10.5. The molecule has 0 unspecified atom stereocenters. The number of nitrogens with one attached hydrogen (secondary N) is 4. The summed E-state index contributed by atoms with van der Waals surface area (Å²) in [6.07, 6.45) is -4.67. The normalized spacial score (nSPS) is 20.9. The maximum Gasteiger partial charge on any atom is 0.404 e. The summed E-state index contributed by atoms with van der Waals surface area (Å²) in [4.78, 5) is 12.5. The van der Waals surface area contributed by atoms with Crippen LogP contribution in [0.5, 0.6) is 0 Å². The third kappa shape index (κ3) is 6.59. The minimum absolute atomic E-state index is 0.0398. The van der Waals surface area contributed by atoms with Crippen molar-refractivity contribution in [3.8, 4) is 0 Å². The summed E-state index contributed by atoms with van der Waals surface area (Å²) in [6.45, 7) is 1.57. The lowest BCUT2D eigenvalue weighted by atomic mass is 9.93. The minimum Gasteiger partial charge on any atom is -0.352 e. The number of thiol groups is 1. The second-order valence-electron chi connectivity index (χ2n) is 8.26. The Bertz CT molecular complexity index is 1080. The molecule has 12 heteroatoms. The molecule has 4 N–H and O–H groups in total. The van der Waals surface area contributed by atoms with E-state index >= 15 is 0 Å². The van der Waals surface area contributed by atoms with Gasteiger partial charge in [-0.2, -0.15) is 13.2 Å². The summed E-state index contributed by atoms with van der Waals surface area (Å²) < 4.78 is 73.7. The highest BCUT2D eigenvalue weighted by atomic mass is 32.3. The number of hydrogen-bond acceptors (Lipinski definition) is 3. The average Bonchev–Trinajstić information content (AvgIpc) is 2.95. The molecule has 0 radical (unpaired) electrons. The molecule has 0 spiro atoms. The number of benzene rings is 2. The third-order valence-electron chi connectivity index (χ3n) is 5.46. The van der Waals surface area contributed by atoms with Crippen LogP contribution >= 0.6 is 12.2 Å². The molecule has 1 aliphatic rings. The molecule has 1 amide bonds. The molecule has 1 aliphatic heterocycles. The molecule has 0 bridgehead atoms. The maximum atomic E-state index is 14.8. The van der Waals surface area contributed by atoms with E-state index in [2.05, 4.69) is 20.1 Å². The van der Waals surface area contributed by atoms with Crippen LogP contribution in [0.4, 0.5) is 17.6 Å². The number of carbonyl (C=O) groups is 1. The fourth-order valence-corrected chi connectivity index (χ4v) is 6.91. The summed E-state index contributed by atoms with van der Waals surface area (Å²) in [5, 5.41) is 5.12. The molecule has 34 heavy (non-hydrogen) atoms. The van der Waals surface area contributed by atoms with Gasteiger partial charge in [0.1, 0.15) is 11.9 Å². The molecule has 1 fully saturated rings. The number of rotatable bonds is 5. The quantitative estimate of drug-likeness (QED) is 0.239. The van der Waals surface area contributed by atoms with E-state index in [1.165, 1.54) is 25.1 Å². The van der Waals surface area contributed by atoms with E-state index in [9.17, 15) is 26.6 Å². The molecule has 2 atom stereocenters. The fourth-order valence-electron chi connectivity index (χ4n) is 3.86. The van der Waals surface area contributed by atoms with Crippen LogP contribution in [0.2, 0.25) is 0 Å². The average molecular weight is 519 g/mol. The van der Waals surface area contributed by atoms with Crippen molar-refractivity contribution in [1.29, 1.82) is 0 Å². The Balaban J connectivity index is 1.89. The van der Waals surface area contributed by atoms with Crippen LogP contribution in [0.3, 0.4) is 0 Å². The highest BCUT2D eigenvalue weighted by Crippen LogP contribution is 2.30. The van der Waals surface area contributed by atoms with Gasteiger partial charge in [0, 0.05) is 17.7 Å². The van der Waals surface area contributed by atoms with Crippen LogP contribution in [0.1, 0.15) is 35.7 Å². The molecule has 3 rings (SSSR count). The molecule has 0 saturated carbocycles. The zero-order chi connectivity index (χ0) is 25.0. The number of amides is 1. The van der Waals surface area contributed by atoms with Gasteiger partial charge >= 0.3 is 6.18 Å². The van der Waals surface area contributed by atoms with Crippen molar-refractivity contribution >= 4 is 33.5 Å². The molecule has 1 heterocycles. The number of alkyl halides is 3. The molecular formula is C22H26F4N4O2S2.